The van der Waals surface area contributed by atoms with E-state index in [1.807, 2.05) is 29.8 Å². The molecule has 2 unspecified atom stereocenters. The molecule has 2 aliphatic rings. The van der Waals surface area contributed by atoms with Crippen LogP contribution in [0.2, 0.25) is 0 Å². The number of likely N-dealkylation sites (tertiary alicyclic amines) is 1. The predicted octanol–water partition coefficient (Wildman–Crippen LogP) is 2.09. The topological polar surface area (TPSA) is 88.8 Å². The summed E-state index contributed by atoms with van der Waals surface area (Å²) in [6.07, 6.45) is 1.42. The number of fused-ring (bicyclic) bond motifs is 1. The number of piperidine rings is 1. The first-order valence-electron chi connectivity index (χ1n) is 11.7. The molecule has 1 aromatic carbocycles. The summed E-state index contributed by atoms with van der Waals surface area (Å²) in [5, 5.41) is 15.1. The van der Waals surface area contributed by atoms with Crippen molar-refractivity contribution in [1.82, 2.24) is 24.6 Å². The van der Waals surface area contributed by atoms with Crippen LogP contribution in [0.3, 0.4) is 0 Å². The van der Waals surface area contributed by atoms with Crippen molar-refractivity contribution in [1.29, 1.82) is 0 Å². The number of anilines is 1. The molecule has 5 rings (SSSR count). The molecule has 0 amide bonds. The van der Waals surface area contributed by atoms with Crippen molar-refractivity contribution in [2.75, 3.05) is 58.5 Å². The van der Waals surface area contributed by atoms with Crippen LogP contribution in [0, 0.1) is 6.92 Å². The monoisotopic (exact) mass is 470 g/mol. The van der Waals surface area contributed by atoms with Crippen LogP contribution in [-0.4, -0.2) is 95.6 Å². The molecule has 0 bridgehead atoms. The maximum atomic E-state index is 15.0. The van der Waals surface area contributed by atoms with Crippen molar-refractivity contribution in [2.24, 2.45) is 0 Å². The minimum atomic E-state index is -0.905. The van der Waals surface area contributed by atoms with Gasteiger partial charge in [0, 0.05) is 37.0 Å². The van der Waals surface area contributed by atoms with Crippen molar-refractivity contribution in [3.8, 4) is 11.8 Å². The van der Waals surface area contributed by atoms with E-state index in [-0.39, 0.29) is 24.6 Å². The molecule has 3 aromatic rings. The molecule has 182 valence electrons. The average molecular weight is 471 g/mol. The first-order valence-corrected chi connectivity index (χ1v) is 11.7. The van der Waals surface area contributed by atoms with Crippen LogP contribution in [0.4, 0.5) is 10.2 Å². The summed E-state index contributed by atoms with van der Waals surface area (Å²) < 4.78 is 27.7. The minimum absolute atomic E-state index is 0.0516. The summed E-state index contributed by atoms with van der Waals surface area (Å²) in [7, 11) is 3.49. The maximum Gasteiger partial charge on any atom is 0.320 e. The number of hydrogen-bond donors (Lipinski definition) is 1. The van der Waals surface area contributed by atoms with Crippen LogP contribution < -0.4 is 9.64 Å². The van der Waals surface area contributed by atoms with Crippen molar-refractivity contribution in [3.05, 3.63) is 35.5 Å². The second-order valence-corrected chi connectivity index (χ2v) is 9.19. The lowest BCUT2D eigenvalue weighted by molar-refractivity contribution is 0.00333. The van der Waals surface area contributed by atoms with Gasteiger partial charge in [-0.3, -0.25) is 0 Å². The Bertz CT molecular complexity index is 1170. The number of hydrogen-bond acceptors (Lipinski definition) is 8. The van der Waals surface area contributed by atoms with Crippen LogP contribution >= 0.6 is 0 Å². The zero-order chi connectivity index (χ0) is 23.8. The van der Waals surface area contributed by atoms with Gasteiger partial charge in [0.05, 0.1) is 38.1 Å². The molecule has 34 heavy (non-hydrogen) atoms. The van der Waals surface area contributed by atoms with Crippen LogP contribution in [0.1, 0.15) is 23.5 Å². The fourth-order valence-corrected chi connectivity index (χ4v) is 4.99. The summed E-state index contributed by atoms with van der Waals surface area (Å²) in [6, 6.07) is 6.23. The third-order valence-electron chi connectivity index (χ3n) is 6.84. The van der Waals surface area contributed by atoms with Crippen molar-refractivity contribution < 1.29 is 19.0 Å². The van der Waals surface area contributed by atoms with E-state index in [4.69, 9.17) is 9.47 Å². The molecule has 0 radical (unpaired) electrons. The van der Waals surface area contributed by atoms with Crippen molar-refractivity contribution in [3.63, 3.8) is 0 Å². The molecular weight excluding hydrogens is 439 g/mol. The van der Waals surface area contributed by atoms with E-state index in [1.54, 1.807) is 10.9 Å². The molecular formula is C24H31FN6O3. The van der Waals surface area contributed by atoms with E-state index in [1.165, 1.54) is 7.11 Å². The molecule has 0 saturated carbocycles. The highest BCUT2D eigenvalue weighted by Crippen LogP contribution is 2.35. The van der Waals surface area contributed by atoms with Crippen LogP contribution in [-0.2, 0) is 4.74 Å². The Labute approximate surface area is 198 Å². The summed E-state index contributed by atoms with van der Waals surface area (Å²) in [4.78, 5) is 13.2. The van der Waals surface area contributed by atoms with Gasteiger partial charge < -0.3 is 24.4 Å². The van der Waals surface area contributed by atoms with Crippen molar-refractivity contribution >= 4 is 16.7 Å². The molecule has 2 aliphatic heterocycles. The molecule has 2 fully saturated rings. The number of halogens is 1. The highest BCUT2D eigenvalue weighted by atomic mass is 19.1. The van der Waals surface area contributed by atoms with E-state index >= 15 is 0 Å². The average Bonchev–Trinajstić information content (AvgIpc) is 3.26. The number of methoxy groups -OCH3 is 1. The van der Waals surface area contributed by atoms with Gasteiger partial charge in [-0.05, 0) is 50.2 Å². The van der Waals surface area contributed by atoms with Gasteiger partial charge >= 0.3 is 6.01 Å². The smallest absolute Gasteiger partial charge is 0.320 e. The maximum absolute atomic E-state index is 15.0. The number of aromatic nitrogens is 4. The lowest BCUT2D eigenvalue weighted by atomic mass is 9.85. The Morgan fingerprint density at radius 1 is 1.18 bits per heavy atom. The Hall–Kier alpha value is -2.82. The number of morpholine rings is 1. The number of benzene rings is 1. The number of nitrogens with zero attached hydrogens (tertiary/aromatic N) is 6. The largest absolute Gasteiger partial charge is 0.467 e. The summed E-state index contributed by atoms with van der Waals surface area (Å²) in [5.41, 5.74) is 2.97. The van der Waals surface area contributed by atoms with Crippen LogP contribution in [0.25, 0.3) is 16.7 Å². The van der Waals surface area contributed by atoms with Gasteiger partial charge in [0.25, 0.3) is 0 Å². The van der Waals surface area contributed by atoms with Crippen molar-refractivity contribution in [2.45, 2.75) is 31.5 Å². The Morgan fingerprint density at radius 2 is 2.00 bits per heavy atom. The molecule has 1 N–H and O–H groups in total. The molecule has 3 atom stereocenters. The van der Waals surface area contributed by atoms with Crippen LogP contribution in [0.5, 0.6) is 6.01 Å². The number of aliphatic hydroxyl groups excluding tert-OH is 1. The van der Waals surface area contributed by atoms with Gasteiger partial charge in [0.1, 0.15) is 12.0 Å². The van der Waals surface area contributed by atoms with Gasteiger partial charge in [-0.2, -0.15) is 15.1 Å². The lowest BCUT2D eigenvalue weighted by Crippen LogP contribution is -2.44. The third kappa shape index (κ3) is 4.33. The first-order chi connectivity index (χ1) is 16.5. The van der Waals surface area contributed by atoms with E-state index in [2.05, 4.69) is 27.2 Å². The zero-order valence-electron chi connectivity index (χ0n) is 19.8. The molecule has 10 heteroatoms. The highest BCUT2D eigenvalue weighted by Gasteiger charge is 2.30. The number of aryl methyl sites for hydroxylation is 1. The second-order valence-electron chi connectivity index (χ2n) is 9.19. The zero-order valence-corrected chi connectivity index (χ0v) is 19.8. The van der Waals surface area contributed by atoms with Crippen LogP contribution in [0.15, 0.2) is 24.4 Å². The summed E-state index contributed by atoms with van der Waals surface area (Å²) >= 11 is 0. The fourth-order valence-electron chi connectivity index (χ4n) is 4.99. The van der Waals surface area contributed by atoms with E-state index < -0.39 is 6.17 Å². The number of aliphatic hydroxyl groups is 1. The highest BCUT2D eigenvalue weighted by molar-refractivity contribution is 5.82. The molecule has 2 aromatic heterocycles. The normalized spacial score (nSPS) is 24.0. The predicted molar refractivity (Wildman–Crippen MR) is 127 cm³/mol. The fraction of sp³-hybridized carbons (Fsp3) is 0.542. The molecule has 0 aliphatic carbocycles. The third-order valence-corrected chi connectivity index (χ3v) is 6.84. The SMILES string of the molecule is COc1nc(N2CCO[C@H](CO)C2)cc(-n2ncc3cc(C)c(C4CCN(C)CC4F)cc32)n1. The van der Waals surface area contributed by atoms with Gasteiger partial charge in [-0.15, -0.1) is 0 Å². The lowest BCUT2D eigenvalue weighted by Gasteiger charge is -2.33. The molecule has 0 spiro atoms. The Kier molecular flexibility index (Phi) is 6.37. The minimum Gasteiger partial charge on any atom is -0.467 e. The summed E-state index contributed by atoms with van der Waals surface area (Å²) in [6.45, 7) is 4.98. The standard InChI is InChI=1S/C24H31FN6O3/c1-15-8-16-11-26-31(21(16)9-19(15)18-4-5-29(2)13-20(18)25)23-10-22(27-24(28-23)33-3)30-6-7-34-17(12-30)14-32/h8-11,17-18,20,32H,4-7,12-14H2,1-3H3/t17-,18?,20?/m0/s1. The molecule has 4 heterocycles. The van der Waals surface area contributed by atoms with Gasteiger partial charge in [-0.25, -0.2) is 9.07 Å². The second kappa shape index (κ2) is 9.44. The number of ether oxygens (including phenoxy) is 2. The van der Waals surface area contributed by atoms with E-state index in [9.17, 15) is 9.50 Å². The quantitative estimate of drug-likeness (QED) is 0.607. The van der Waals surface area contributed by atoms with Gasteiger partial charge in [0.2, 0.25) is 0 Å². The van der Waals surface area contributed by atoms with Gasteiger partial charge in [0.15, 0.2) is 5.82 Å². The number of rotatable bonds is 5. The molecule has 9 nitrogen and oxygen atoms in total. The van der Waals surface area contributed by atoms with E-state index in [0.29, 0.717) is 37.9 Å². The Morgan fingerprint density at radius 3 is 2.76 bits per heavy atom. The van der Waals surface area contributed by atoms with E-state index in [0.717, 1.165) is 35.0 Å². The first kappa shape index (κ1) is 22.9. The summed E-state index contributed by atoms with van der Waals surface area (Å²) in [5.74, 6) is 1.11. The molecule has 2 saturated heterocycles. The Balaban J connectivity index is 1.55. The number of alkyl halides is 1. The van der Waals surface area contributed by atoms with Gasteiger partial charge in [-0.1, -0.05) is 0 Å².